The van der Waals surface area contributed by atoms with Crippen molar-refractivity contribution in [2.24, 2.45) is 7.05 Å². The van der Waals surface area contributed by atoms with Crippen molar-refractivity contribution in [1.82, 2.24) is 24.0 Å². The molecule has 0 atom stereocenters. The fourth-order valence-corrected chi connectivity index (χ4v) is 4.07. The Kier molecular flexibility index (Phi) is 5.10. The molecule has 2 aromatic rings. The SMILES string of the molecule is CNc1snc(C)c1C(=O)N1CCN(Cc2c(C)nn(C)c2C)CC1. The van der Waals surface area contributed by atoms with Crippen LogP contribution >= 0.6 is 11.5 Å². The Hall–Kier alpha value is -1.93. The van der Waals surface area contributed by atoms with E-state index in [1.165, 1.54) is 22.8 Å². The van der Waals surface area contributed by atoms with Crippen LogP contribution in [0.5, 0.6) is 0 Å². The summed E-state index contributed by atoms with van der Waals surface area (Å²) in [4.78, 5) is 17.2. The molecule has 0 spiro atoms. The van der Waals surface area contributed by atoms with Gasteiger partial charge in [0.25, 0.3) is 5.91 Å². The third-order valence-corrected chi connectivity index (χ3v) is 5.96. The van der Waals surface area contributed by atoms with Crippen LogP contribution in [0.1, 0.15) is 33.0 Å². The lowest BCUT2D eigenvalue weighted by Gasteiger charge is -2.34. The molecular weight excluding hydrogens is 336 g/mol. The molecule has 0 aromatic carbocycles. The lowest BCUT2D eigenvalue weighted by atomic mass is 10.1. The monoisotopic (exact) mass is 362 g/mol. The molecule has 1 N–H and O–H groups in total. The van der Waals surface area contributed by atoms with Crippen molar-refractivity contribution in [1.29, 1.82) is 0 Å². The zero-order valence-electron chi connectivity index (χ0n) is 15.6. The first kappa shape index (κ1) is 17.9. The molecular formula is C17H26N6OS. The van der Waals surface area contributed by atoms with E-state index in [4.69, 9.17) is 0 Å². The smallest absolute Gasteiger partial charge is 0.258 e. The van der Waals surface area contributed by atoms with Gasteiger partial charge in [-0.15, -0.1) is 0 Å². The molecule has 1 aliphatic heterocycles. The van der Waals surface area contributed by atoms with Crippen molar-refractivity contribution < 1.29 is 4.79 Å². The summed E-state index contributed by atoms with van der Waals surface area (Å²) in [5, 5.41) is 8.43. The molecule has 0 unspecified atom stereocenters. The van der Waals surface area contributed by atoms with Gasteiger partial charge in [-0.25, -0.2) is 0 Å². The summed E-state index contributed by atoms with van der Waals surface area (Å²) >= 11 is 1.35. The maximum atomic E-state index is 12.9. The molecule has 1 fully saturated rings. The molecule has 0 bridgehead atoms. The number of piperazine rings is 1. The van der Waals surface area contributed by atoms with Gasteiger partial charge < -0.3 is 10.2 Å². The summed E-state index contributed by atoms with van der Waals surface area (Å²) in [6.45, 7) is 10.2. The quantitative estimate of drug-likeness (QED) is 0.898. The van der Waals surface area contributed by atoms with E-state index in [1.807, 2.05) is 30.6 Å². The summed E-state index contributed by atoms with van der Waals surface area (Å²) in [7, 11) is 3.82. The number of carbonyl (C=O) groups is 1. The number of rotatable bonds is 4. The van der Waals surface area contributed by atoms with Crippen molar-refractivity contribution in [2.75, 3.05) is 38.5 Å². The van der Waals surface area contributed by atoms with E-state index in [9.17, 15) is 4.79 Å². The van der Waals surface area contributed by atoms with E-state index >= 15 is 0 Å². The third kappa shape index (κ3) is 3.41. The van der Waals surface area contributed by atoms with E-state index in [0.717, 1.165) is 54.7 Å². The van der Waals surface area contributed by atoms with Crippen LogP contribution in [0.4, 0.5) is 5.00 Å². The highest BCUT2D eigenvalue weighted by molar-refractivity contribution is 7.10. The topological polar surface area (TPSA) is 66.3 Å². The van der Waals surface area contributed by atoms with Crippen molar-refractivity contribution in [3.63, 3.8) is 0 Å². The number of amides is 1. The second kappa shape index (κ2) is 7.13. The number of nitrogens with one attached hydrogen (secondary N) is 1. The van der Waals surface area contributed by atoms with Crippen LogP contribution < -0.4 is 5.32 Å². The van der Waals surface area contributed by atoms with Gasteiger partial charge in [0.2, 0.25) is 0 Å². The Morgan fingerprint density at radius 3 is 2.40 bits per heavy atom. The van der Waals surface area contributed by atoms with E-state index in [2.05, 4.69) is 33.5 Å². The highest BCUT2D eigenvalue weighted by Gasteiger charge is 2.27. The van der Waals surface area contributed by atoms with Gasteiger partial charge in [-0.1, -0.05) is 0 Å². The van der Waals surface area contributed by atoms with Crippen molar-refractivity contribution in [3.05, 3.63) is 28.2 Å². The Morgan fingerprint density at radius 2 is 1.84 bits per heavy atom. The molecule has 0 saturated carbocycles. The minimum Gasteiger partial charge on any atom is -0.378 e. The van der Waals surface area contributed by atoms with Crippen LogP contribution in [0.2, 0.25) is 0 Å². The second-order valence-electron chi connectivity index (χ2n) is 6.56. The minimum absolute atomic E-state index is 0.0870. The number of anilines is 1. The average Bonchev–Trinajstić information content (AvgIpc) is 3.09. The normalized spacial score (nSPS) is 15.6. The molecule has 25 heavy (non-hydrogen) atoms. The number of aryl methyl sites for hydroxylation is 3. The number of hydrogen-bond donors (Lipinski definition) is 1. The molecule has 3 heterocycles. The Labute approximate surface area is 152 Å². The van der Waals surface area contributed by atoms with E-state index in [1.54, 1.807) is 0 Å². The summed E-state index contributed by atoms with van der Waals surface area (Å²) < 4.78 is 6.25. The fourth-order valence-electron chi connectivity index (χ4n) is 3.33. The molecule has 1 saturated heterocycles. The summed E-state index contributed by atoms with van der Waals surface area (Å²) in [6.07, 6.45) is 0. The predicted octanol–water partition coefficient (Wildman–Crippen LogP) is 1.80. The van der Waals surface area contributed by atoms with Gasteiger partial charge in [0.05, 0.1) is 17.0 Å². The summed E-state index contributed by atoms with van der Waals surface area (Å²) in [5.74, 6) is 0.0870. The van der Waals surface area contributed by atoms with Crippen molar-refractivity contribution in [3.8, 4) is 0 Å². The number of aromatic nitrogens is 3. The van der Waals surface area contributed by atoms with E-state index in [0.29, 0.717) is 0 Å². The fraction of sp³-hybridized carbons (Fsp3) is 0.588. The molecule has 1 amide bonds. The average molecular weight is 363 g/mol. The number of nitrogens with zero attached hydrogens (tertiary/aromatic N) is 5. The largest absolute Gasteiger partial charge is 0.378 e. The van der Waals surface area contributed by atoms with Crippen molar-refractivity contribution >= 4 is 22.4 Å². The molecule has 8 heteroatoms. The Bertz CT molecular complexity index is 772. The molecule has 0 radical (unpaired) electrons. The first-order valence-corrected chi connectivity index (χ1v) is 9.34. The standard InChI is InChI=1S/C17H26N6OS/c1-11-14(13(3)21(5)19-11)10-22-6-8-23(9-7-22)17(24)15-12(2)20-25-16(15)18-4/h18H,6-10H2,1-5H3. The van der Waals surface area contributed by atoms with Gasteiger partial charge in [-0.2, -0.15) is 9.47 Å². The minimum atomic E-state index is 0.0870. The highest BCUT2D eigenvalue weighted by atomic mass is 32.1. The zero-order valence-corrected chi connectivity index (χ0v) is 16.4. The van der Waals surface area contributed by atoms with E-state index in [-0.39, 0.29) is 5.91 Å². The van der Waals surface area contributed by atoms with Gasteiger partial charge in [0, 0.05) is 58.1 Å². The molecule has 136 valence electrons. The van der Waals surface area contributed by atoms with E-state index < -0.39 is 0 Å². The van der Waals surface area contributed by atoms with Crippen LogP contribution in [0, 0.1) is 20.8 Å². The van der Waals surface area contributed by atoms with Crippen LogP contribution in [-0.4, -0.2) is 63.1 Å². The van der Waals surface area contributed by atoms with Gasteiger partial charge in [0.1, 0.15) is 5.00 Å². The maximum Gasteiger partial charge on any atom is 0.258 e. The first-order chi connectivity index (χ1) is 11.9. The Balaban J connectivity index is 1.64. The predicted molar refractivity (Wildman–Crippen MR) is 100 cm³/mol. The first-order valence-electron chi connectivity index (χ1n) is 8.57. The second-order valence-corrected chi connectivity index (χ2v) is 7.34. The molecule has 1 aliphatic rings. The number of carbonyl (C=O) groups excluding carboxylic acids is 1. The van der Waals surface area contributed by atoms with Gasteiger partial charge in [0.15, 0.2) is 0 Å². The Morgan fingerprint density at radius 1 is 1.16 bits per heavy atom. The summed E-state index contributed by atoms with van der Waals surface area (Å²) in [6, 6.07) is 0. The third-order valence-electron chi connectivity index (χ3n) is 5.00. The maximum absolute atomic E-state index is 12.9. The van der Waals surface area contributed by atoms with Crippen LogP contribution in [0.25, 0.3) is 0 Å². The lowest BCUT2D eigenvalue weighted by Crippen LogP contribution is -2.48. The number of hydrogen-bond acceptors (Lipinski definition) is 6. The van der Waals surface area contributed by atoms with Crippen LogP contribution in [0.15, 0.2) is 0 Å². The van der Waals surface area contributed by atoms with Crippen molar-refractivity contribution in [2.45, 2.75) is 27.3 Å². The van der Waals surface area contributed by atoms with Gasteiger partial charge in [-0.05, 0) is 32.3 Å². The highest BCUT2D eigenvalue weighted by Crippen LogP contribution is 2.26. The lowest BCUT2D eigenvalue weighted by molar-refractivity contribution is 0.0628. The van der Waals surface area contributed by atoms with Crippen LogP contribution in [-0.2, 0) is 13.6 Å². The molecule has 2 aromatic heterocycles. The molecule has 7 nitrogen and oxygen atoms in total. The zero-order chi connectivity index (χ0) is 18.1. The van der Waals surface area contributed by atoms with Gasteiger partial charge >= 0.3 is 0 Å². The van der Waals surface area contributed by atoms with Crippen LogP contribution in [0.3, 0.4) is 0 Å². The molecule has 0 aliphatic carbocycles. The summed E-state index contributed by atoms with van der Waals surface area (Å²) in [5.41, 5.74) is 5.15. The molecule has 3 rings (SSSR count). The van der Waals surface area contributed by atoms with Gasteiger partial charge in [-0.3, -0.25) is 14.4 Å².